The summed E-state index contributed by atoms with van der Waals surface area (Å²) in [7, 11) is 0. The molecule has 0 radical (unpaired) electrons. The lowest BCUT2D eigenvalue weighted by molar-refractivity contribution is -0.113. The van der Waals surface area contributed by atoms with Crippen LogP contribution < -0.4 is 10.9 Å². The monoisotopic (exact) mass is 413 g/mol. The van der Waals surface area contributed by atoms with Gasteiger partial charge in [-0.1, -0.05) is 46.3 Å². The largest absolute Gasteiger partial charge is 0.301 e. The molecule has 0 fully saturated rings. The van der Waals surface area contributed by atoms with Crippen molar-refractivity contribution in [2.75, 3.05) is 11.1 Å². The van der Waals surface area contributed by atoms with Gasteiger partial charge >= 0.3 is 0 Å². The summed E-state index contributed by atoms with van der Waals surface area (Å²) in [5.74, 6) is -0.217. The van der Waals surface area contributed by atoms with E-state index in [4.69, 9.17) is 23.2 Å². The van der Waals surface area contributed by atoms with E-state index in [1.54, 1.807) is 18.2 Å². The van der Waals surface area contributed by atoms with Gasteiger partial charge in [-0.15, -0.1) is 10.2 Å². The highest BCUT2D eigenvalue weighted by Gasteiger charge is 2.13. The summed E-state index contributed by atoms with van der Waals surface area (Å²) in [6, 6.07) is 6.36. The summed E-state index contributed by atoms with van der Waals surface area (Å²) in [6.07, 6.45) is 1.38. The molecule has 128 valence electrons. The Morgan fingerprint density at radius 1 is 1.28 bits per heavy atom. The molecule has 1 aromatic carbocycles. The summed E-state index contributed by atoms with van der Waals surface area (Å²) in [4.78, 5) is 29.6. The van der Waals surface area contributed by atoms with Crippen molar-refractivity contribution in [3.8, 4) is 10.6 Å². The number of aromatic amines is 1. The number of amides is 1. The molecule has 0 atom stereocenters. The molecule has 1 amide bonds. The molecule has 0 aliphatic heterocycles. The number of nitrogens with zero attached hydrogens (tertiary/aromatic N) is 3. The summed E-state index contributed by atoms with van der Waals surface area (Å²) in [5.41, 5.74) is 0.413. The number of halogens is 2. The first-order valence-electron chi connectivity index (χ1n) is 6.78. The number of H-pyrrole nitrogens is 1. The first kappa shape index (κ1) is 17.9. The second-order valence-electron chi connectivity index (χ2n) is 4.61. The number of rotatable bonds is 5. The van der Waals surface area contributed by atoms with Crippen LogP contribution in [-0.2, 0) is 4.79 Å². The fraction of sp³-hybridized carbons (Fsp3) is 0.0714. The maximum Gasteiger partial charge on any atom is 0.251 e. The third-order valence-electron chi connectivity index (χ3n) is 2.82. The lowest BCUT2D eigenvalue weighted by Crippen LogP contribution is -2.15. The van der Waals surface area contributed by atoms with Crippen molar-refractivity contribution in [2.45, 2.75) is 5.16 Å². The number of benzene rings is 1. The topological polar surface area (TPSA) is 101 Å². The van der Waals surface area contributed by atoms with Crippen molar-refractivity contribution >= 4 is 57.3 Å². The predicted molar refractivity (Wildman–Crippen MR) is 99.6 cm³/mol. The van der Waals surface area contributed by atoms with E-state index in [1.165, 1.54) is 23.6 Å². The van der Waals surface area contributed by atoms with Crippen LogP contribution in [0, 0.1) is 0 Å². The summed E-state index contributed by atoms with van der Waals surface area (Å²) >= 11 is 14.3. The van der Waals surface area contributed by atoms with Crippen LogP contribution in [0.2, 0.25) is 10.0 Å². The van der Waals surface area contributed by atoms with E-state index in [9.17, 15) is 9.59 Å². The van der Waals surface area contributed by atoms with E-state index in [0.29, 0.717) is 30.9 Å². The van der Waals surface area contributed by atoms with Gasteiger partial charge in [0, 0.05) is 22.8 Å². The Hall–Kier alpha value is -1.94. The normalized spacial score (nSPS) is 10.6. The van der Waals surface area contributed by atoms with E-state index >= 15 is 0 Å². The highest BCUT2D eigenvalue weighted by Crippen LogP contribution is 2.33. The minimum absolute atomic E-state index is 0.0730. The summed E-state index contributed by atoms with van der Waals surface area (Å²) < 4.78 is 0. The van der Waals surface area contributed by atoms with Gasteiger partial charge in [0.25, 0.3) is 5.56 Å². The van der Waals surface area contributed by atoms with Gasteiger partial charge in [0.2, 0.25) is 11.0 Å². The minimum atomic E-state index is -0.290. The number of nitrogens with one attached hydrogen (secondary N) is 2. The van der Waals surface area contributed by atoms with E-state index in [1.807, 2.05) is 0 Å². The second kappa shape index (κ2) is 7.96. The Balaban J connectivity index is 1.63. The van der Waals surface area contributed by atoms with Gasteiger partial charge in [-0.25, -0.2) is 4.98 Å². The zero-order valence-electron chi connectivity index (χ0n) is 12.3. The van der Waals surface area contributed by atoms with Crippen molar-refractivity contribution < 1.29 is 4.79 Å². The van der Waals surface area contributed by atoms with Crippen LogP contribution in [0.3, 0.4) is 0 Å². The van der Waals surface area contributed by atoms with Crippen LogP contribution in [0.15, 0.2) is 40.4 Å². The Morgan fingerprint density at radius 3 is 2.88 bits per heavy atom. The van der Waals surface area contributed by atoms with Crippen LogP contribution in [0.5, 0.6) is 0 Å². The van der Waals surface area contributed by atoms with Gasteiger partial charge in [-0.05, 0) is 18.2 Å². The summed E-state index contributed by atoms with van der Waals surface area (Å²) in [5, 5.41) is 12.9. The molecule has 0 unspecified atom stereocenters. The van der Waals surface area contributed by atoms with Crippen molar-refractivity contribution in [3.63, 3.8) is 0 Å². The molecule has 2 N–H and O–H groups in total. The molecule has 11 heteroatoms. The van der Waals surface area contributed by atoms with Crippen molar-refractivity contribution in [2.24, 2.45) is 0 Å². The average molecular weight is 414 g/mol. The van der Waals surface area contributed by atoms with Crippen LogP contribution >= 0.6 is 46.3 Å². The number of anilines is 1. The first-order valence-corrected chi connectivity index (χ1v) is 9.34. The zero-order valence-corrected chi connectivity index (χ0v) is 15.5. The fourth-order valence-corrected chi connectivity index (χ4v) is 3.76. The molecular weight excluding hydrogens is 405 g/mol. The fourth-order valence-electron chi connectivity index (χ4n) is 1.76. The van der Waals surface area contributed by atoms with E-state index in [-0.39, 0.29) is 17.2 Å². The molecule has 3 rings (SSSR count). The molecule has 25 heavy (non-hydrogen) atoms. The number of carbonyl (C=O) groups is 1. The van der Waals surface area contributed by atoms with Gasteiger partial charge in [-0.3, -0.25) is 14.9 Å². The maximum atomic E-state index is 12.0. The molecule has 0 aliphatic rings. The van der Waals surface area contributed by atoms with Crippen molar-refractivity contribution in [3.05, 3.63) is 50.9 Å². The summed E-state index contributed by atoms with van der Waals surface area (Å²) in [6.45, 7) is 0. The molecule has 7 nitrogen and oxygen atoms in total. The molecule has 2 aromatic heterocycles. The quantitative estimate of drug-likeness (QED) is 0.491. The standard InChI is InChI=1S/C14H9Cl2N5O2S2/c15-7-1-2-8(9(16)5-7)12-20-21-14(25-12)19-11(23)6-24-13-17-4-3-10(22)18-13/h1-5H,6H2,(H,17,18,22)(H,19,21,23). The van der Waals surface area contributed by atoms with Crippen LogP contribution in [0.1, 0.15) is 0 Å². The lowest BCUT2D eigenvalue weighted by atomic mass is 10.2. The number of hydrogen-bond acceptors (Lipinski definition) is 7. The maximum absolute atomic E-state index is 12.0. The lowest BCUT2D eigenvalue weighted by Gasteiger charge is -2.01. The van der Waals surface area contributed by atoms with Gasteiger partial charge in [0.05, 0.1) is 10.8 Å². The van der Waals surface area contributed by atoms with Crippen LogP contribution in [0.4, 0.5) is 5.13 Å². The SMILES string of the molecule is O=C(CSc1nccc(=O)[nH]1)Nc1nnc(-c2ccc(Cl)cc2Cl)s1. The Kier molecular flexibility index (Phi) is 5.69. The molecule has 0 saturated carbocycles. The molecule has 0 saturated heterocycles. The molecule has 0 bridgehead atoms. The van der Waals surface area contributed by atoms with Crippen molar-refractivity contribution in [1.82, 2.24) is 20.2 Å². The van der Waals surface area contributed by atoms with E-state index < -0.39 is 0 Å². The molecule has 0 spiro atoms. The number of thioether (sulfide) groups is 1. The minimum Gasteiger partial charge on any atom is -0.301 e. The Labute approximate surface area is 159 Å². The van der Waals surface area contributed by atoms with Crippen LogP contribution in [-0.4, -0.2) is 31.8 Å². The molecular formula is C14H9Cl2N5O2S2. The van der Waals surface area contributed by atoms with E-state index in [2.05, 4.69) is 25.5 Å². The third kappa shape index (κ3) is 4.79. The van der Waals surface area contributed by atoms with Gasteiger partial charge in [0.15, 0.2) is 10.2 Å². The van der Waals surface area contributed by atoms with E-state index in [0.717, 1.165) is 11.8 Å². The zero-order chi connectivity index (χ0) is 17.8. The predicted octanol–water partition coefficient (Wildman–Crippen LogP) is 3.33. The van der Waals surface area contributed by atoms with Gasteiger partial charge in [0.1, 0.15) is 0 Å². The van der Waals surface area contributed by atoms with Gasteiger partial charge < -0.3 is 4.98 Å². The molecule has 3 aromatic rings. The number of hydrogen-bond donors (Lipinski definition) is 2. The Bertz CT molecular complexity index is 976. The second-order valence-corrected chi connectivity index (χ2v) is 7.40. The molecule has 2 heterocycles. The highest BCUT2D eigenvalue weighted by atomic mass is 35.5. The third-order valence-corrected chi connectivity index (χ3v) is 5.13. The smallest absolute Gasteiger partial charge is 0.251 e. The van der Waals surface area contributed by atoms with Crippen LogP contribution in [0.25, 0.3) is 10.6 Å². The first-order chi connectivity index (χ1) is 12.0. The van der Waals surface area contributed by atoms with Crippen molar-refractivity contribution in [1.29, 1.82) is 0 Å². The average Bonchev–Trinajstić information content (AvgIpc) is 3.01. The van der Waals surface area contributed by atoms with Gasteiger partial charge in [-0.2, -0.15) is 0 Å². The number of aromatic nitrogens is 4. The highest BCUT2D eigenvalue weighted by molar-refractivity contribution is 7.99. The number of carbonyl (C=O) groups excluding carboxylic acids is 1. The molecule has 0 aliphatic carbocycles. The Morgan fingerprint density at radius 2 is 2.12 bits per heavy atom.